The number of para-hydroxylation sites is 1. The Bertz CT molecular complexity index is 1020. The van der Waals surface area contributed by atoms with Crippen molar-refractivity contribution < 1.29 is 0 Å². The molecule has 0 atom stereocenters. The maximum absolute atomic E-state index is 4.85. The number of aryl methyl sites for hydroxylation is 1. The first kappa shape index (κ1) is 12.9. The molecular weight excluding hydrogens is 280 g/mol. The van der Waals surface area contributed by atoms with E-state index in [1.807, 2.05) is 0 Å². The van der Waals surface area contributed by atoms with Gasteiger partial charge in [-0.05, 0) is 42.9 Å². The third kappa shape index (κ3) is 1.98. The zero-order valence-corrected chi connectivity index (χ0v) is 13.1. The number of rotatable bonds is 2. The number of hydrogen-bond acceptors (Lipinski definition) is 1. The van der Waals surface area contributed by atoms with Gasteiger partial charge in [0.25, 0.3) is 0 Å². The SMILES string of the molecule is Cc1nc2[nH]c3c(C4CC4)cccc3c2cc1-c1ccccc1. The van der Waals surface area contributed by atoms with Crippen LogP contribution in [0.4, 0.5) is 0 Å². The predicted octanol–water partition coefficient (Wildman–Crippen LogP) is 5.57. The minimum Gasteiger partial charge on any atom is -0.339 e. The number of H-pyrrole nitrogens is 1. The first-order valence-corrected chi connectivity index (χ1v) is 8.28. The minimum absolute atomic E-state index is 0.737. The van der Waals surface area contributed by atoms with Gasteiger partial charge < -0.3 is 4.98 Å². The molecule has 2 aromatic heterocycles. The average molecular weight is 298 g/mol. The van der Waals surface area contributed by atoms with Crippen LogP contribution in [0.3, 0.4) is 0 Å². The number of pyridine rings is 1. The normalized spacial score (nSPS) is 14.7. The van der Waals surface area contributed by atoms with Gasteiger partial charge in [-0.3, -0.25) is 0 Å². The molecule has 0 saturated heterocycles. The van der Waals surface area contributed by atoms with Crippen molar-refractivity contribution in [1.29, 1.82) is 0 Å². The lowest BCUT2D eigenvalue weighted by atomic mass is 10.0. The van der Waals surface area contributed by atoms with Crippen molar-refractivity contribution >= 4 is 21.9 Å². The predicted molar refractivity (Wildman–Crippen MR) is 95.7 cm³/mol. The summed E-state index contributed by atoms with van der Waals surface area (Å²) in [5.41, 5.74) is 7.26. The second kappa shape index (κ2) is 4.69. The van der Waals surface area contributed by atoms with Crippen LogP contribution in [0, 0.1) is 6.92 Å². The van der Waals surface area contributed by atoms with E-state index in [0.717, 1.165) is 17.3 Å². The van der Waals surface area contributed by atoms with E-state index in [4.69, 9.17) is 4.98 Å². The Hall–Kier alpha value is -2.61. The molecule has 5 rings (SSSR count). The van der Waals surface area contributed by atoms with E-state index < -0.39 is 0 Å². The summed E-state index contributed by atoms with van der Waals surface area (Å²) in [5, 5.41) is 2.53. The molecule has 2 heterocycles. The summed E-state index contributed by atoms with van der Waals surface area (Å²) in [6, 6.07) is 19.5. The van der Waals surface area contributed by atoms with Gasteiger partial charge in [0.15, 0.2) is 0 Å². The molecule has 1 saturated carbocycles. The quantitative estimate of drug-likeness (QED) is 0.515. The number of hydrogen-bond donors (Lipinski definition) is 1. The van der Waals surface area contributed by atoms with Crippen LogP contribution in [0.25, 0.3) is 33.1 Å². The van der Waals surface area contributed by atoms with Crippen LogP contribution in [0.1, 0.15) is 30.0 Å². The Balaban J connectivity index is 1.82. The molecule has 2 nitrogen and oxygen atoms in total. The van der Waals surface area contributed by atoms with Crippen molar-refractivity contribution in [2.24, 2.45) is 0 Å². The lowest BCUT2D eigenvalue weighted by molar-refractivity contribution is 1.14. The molecule has 0 bridgehead atoms. The van der Waals surface area contributed by atoms with Gasteiger partial charge in [-0.2, -0.15) is 0 Å². The van der Waals surface area contributed by atoms with Crippen LogP contribution in [-0.2, 0) is 0 Å². The number of nitrogens with zero attached hydrogens (tertiary/aromatic N) is 1. The lowest BCUT2D eigenvalue weighted by Gasteiger charge is -2.05. The molecular formula is C21H18N2. The van der Waals surface area contributed by atoms with Crippen molar-refractivity contribution in [1.82, 2.24) is 9.97 Å². The first-order chi connectivity index (χ1) is 11.3. The summed E-state index contributed by atoms with van der Waals surface area (Å²) in [6.45, 7) is 2.09. The third-order valence-electron chi connectivity index (χ3n) is 4.95. The van der Waals surface area contributed by atoms with Crippen molar-refractivity contribution in [3.63, 3.8) is 0 Å². The van der Waals surface area contributed by atoms with Crippen molar-refractivity contribution in [3.05, 3.63) is 65.9 Å². The molecule has 23 heavy (non-hydrogen) atoms. The van der Waals surface area contributed by atoms with Gasteiger partial charge in [-0.25, -0.2) is 4.98 Å². The van der Waals surface area contributed by atoms with Crippen LogP contribution < -0.4 is 0 Å². The van der Waals surface area contributed by atoms with E-state index in [1.165, 1.54) is 45.8 Å². The number of nitrogens with one attached hydrogen (secondary N) is 1. The molecule has 0 unspecified atom stereocenters. The summed E-state index contributed by atoms with van der Waals surface area (Å²) in [4.78, 5) is 8.43. The van der Waals surface area contributed by atoms with E-state index in [9.17, 15) is 0 Å². The Kier molecular flexibility index (Phi) is 2.63. The van der Waals surface area contributed by atoms with Gasteiger partial charge in [0.2, 0.25) is 0 Å². The highest BCUT2D eigenvalue weighted by Gasteiger charge is 2.26. The monoisotopic (exact) mass is 298 g/mol. The standard InChI is InChI=1S/C21H18N2/c1-13-18(14-6-3-2-4-7-14)12-19-17-9-5-8-16(15-10-11-15)20(17)23-21(19)22-13/h2-9,12,15H,10-11H2,1H3,(H,22,23). The molecule has 1 aliphatic carbocycles. The van der Waals surface area contributed by atoms with Crippen LogP contribution in [-0.4, -0.2) is 9.97 Å². The summed E-state index contributed by atoms with van der Waals surface area (Å²) >= 11 is 0. The maximum atomic E-state index is 4.85. The number of aromatic amines is 1. The molecule has 2 aromatic carbocycles. The van der Waals surface area contributed by atoms with Gasteiger partial charge in [0.1, 0.15) is 5.65 Å². The van der Waals surface area contributed by atoms with E-state index in [0.29, 0.717) is 0 Å². The molecule has 1 N–H and O–H groups in total. The Labute approximate surface area is 135 Å². The van der Waals surface area contributed by atoms with Gasteiger partial charge in [0, 0.05) is 22.0 Å². The van der Waals surface area contributed by atoms with E-state index in [-0.39, 0.29) is 0 Å². The zero-order chi connectivity index (χ0) is 15.4. The molecule has 2 heteroatoms. The second-order valence-electron chi connectivity index (χ2n) is 6.55. The van der Waals surface area contributed by atoms with E-state index in [2.05, 4.69) is 66.5 Å². The Morgan fingerprint density at radius 2 is 1.78 bits per heavy atom. The summed E-state index contributed by atoms with van der Waals surface area (Å²) in [5.74, 6) is 0.737. The highest BCUT2D eigenvalue weighted by Crippen LogP contribution is 2.44. The molecule has 112 valence electrons. The highest BCUT2D eigenvalue weighted by atomic mass is 14.9. The Morgan fingerprint density at radius 1 is 0.957 bits per heavy atom. The van der Waals surface area contributed by atoms with Gasteiger partial charge in [0.05, 0.1) is 5.52 Å². The molecule has 1 aliphatic rings. The molecule has 4 aromatic rings. The number of fused-ring (bicyclic) bond motifs is 3. The summed E-state index contributed by atoms with van der Waals surface area (Å²) < 4.78 is 0. The van der Waals surface area contributed by atoms with E-state index >= 15 is 0 Å². The Morgan fingerprint density at radius 3 is 2.57 bits per heavy atom. The lowest BCUT2D eigenvalue weighted by Crippen LogP contribution is -1.88. The molecule has 0 spiro atoms. The van der Waals surface area contributed by atoms with Crippen LogP contribution >= 0.6 is 0 Å². The van der Waals surface area contributed by atoms with Crippen molar-refractivity contribution in [2.75, 3.05) is 0 Å². The van der Waals surface area contributed by atoms with Crippen LogP contribution in [0.15, 0.2) is 54.6 Å². The second-order valence-corrected chi connectivity index (χ2v) is 6.55. The zero-order valence-electron chi connectivity index (χ0n) is 13.1. The first-order valence-electron chi connectivity index (χ1n) is 8.28. The van der Waals surface area contributed by atoms with Gasteiger partial charge >= 0.3 is 0 Å². The highest BCUT2D eigenvalue weighted by molar-refractivity contribution is 6.08. The van der Waals surface area contributed by atoms with Gasteiger partial charge in [-0.1, -0.05) is 48.5 Å². The van der Waals surface area contributed by atoms with Crippen molar-refractivity contribution in [2.45, 2.75) is 25.7 Å². The smallest absolute Gasteiger partial charge is 0.138 e. The largest absolute Gasteiger partial charge is 0.339 e. The summed E-state index contributed by atoms with van der Waals surface area (Å²) in [6.07, 6.45) is 2.63. The number of aromatic nitrogens is 2. The van der Waals surface area contributed by atoms with Crippen LogP contribution in [0.5, 0.6) is 0 Å². The summed E-state index contributed by atoms with van der Waals surface area (Å²) in [7, 11) is 0. The fourth-order valence-corrected chi connectivity index (χ4v) is 3.60. The molecule has 0 aliphatic heterocycles. The van der Waals surface area contributed by atoms with E-state index in [1.54, 1.807) is 0 Å². The fourth-order valence-electron chi connectivity index (χ4n) is 3.60. The average Bonchev–Trinajstić information content (AvgIpc) is 3.36. The van der Waals surface area contributed by atoms with Gasteiger partial charge in [-0.15, -0.1) is 0 Å². The fraction of sp³-hybridized carbons (Fsp3) is 0.190. The molecule has 0 amide bonds. The van der Waals surface area contributed by atoms with Crippen molar-refractivity contribution in [3.8, 4) is 11.1 Å². The third-order valence-corrected chi connectivity index (χ3v) is 4.95. The maximum Gasteiger partial charge on any atom is 0.138 e. The minimum atomic E-state index is 0.737. The molecule has 0 radical (unpaired) electrons. The topological polar surface area (TPSA) is 28.7 Å². The molecule has 1 fully saturated rings. The number of benzene rings is 2. The van der Waals surface area contributed by atoms with Crippen LogP contribution in [0.2, 0.25) is 0 Å².